The molecule has 1 amide bonds. The van der Waals surface area contributed by atoms with Gasteiger partial charge in [0.15, 0.2) is 0 Å². The molecule has 0 saturated heterocycles. The molecule has 3 aromatic carbocycles. The van der Waals surface area contributed by atoms with Crippen molar-refractivity contribution >= 4 is 21.6 Å². The molecule has 1 N–H and O–H groups in total. The largest absolute Gasteiger partial charge is 0.494 e. The normalized spacial score (nSPS) is 16.4. The predicted octanol–water partition coefficient (Wildman–Crippen LogP) is 5.01. The molecule has 8 heteroatoms. The summed E-state index contributed by atoms with van der Waals surface area (Å²) in [5, 5.41) is 3.05. The zero-order valence-corrected chi connectivity index (χ0v) is 21.8. The van der Waals surface area contributed by atoms with E-state index in [4.69, 9.17) is 9.47 Å². The van der Waals surface area contributed by atoms with Crippen LogP contribution >= 0.6 is 0 Å². The fourth-order valence-electron chi connectivity index (χ4n) is 4.37. The number of hydrogen-bond donors (Lipinski definition) is 1. The average Bonchev–Trinajstić information content (AvgIpc) is 2.82. The third kappa shape index (κ3) is 5.65. The van der Waals surface area contributed by atoms with Gasteiger partial charge in [-0.3, -0.25) is 9.10 Å². The minimum atomic E-state index is -4.02. The summed E-state index contributed by atoms with van der Waals surface area (Å²) in [4.78, 5) is 13.4. The summed E-state index contributed by atoms with van der Waals surface area (Å²) in [6.45, 7) is 7.92. The maximum atomic E-state index is 13.7. The summed E-state index contributed by atoms with van der Waals surface area (Å²) in [5.74, 6) is 0.914. The molecule has 4 rings (SSSR count). The Morgan fingerprint density at radius 1 is 1.08 bits per heavy atom. The molecule has 0 saturated carbocycles. The third-order valence-corrected chi connectivity index (χ3v) is 7.80. The van der Waals surface area contributed by atoms with Gasteiger partial charge >= 0.3 is 0 Å². The SMILES string of the molecule is CCOc1ccc(S(=O)(=O)N(CC(=O)NC2CC(C)(C)Oc3cc(C)ccc32)c2ccccc2)cc1. The molecule has 1 unspecified atom stereocenters. The van der Waals surface area contributed by atoms with Crippen molar-refractivity contribution in [2.75, 3.05) is 17.5 Å². The maximum absolute atomic E-state index is 13.7. The van der Waals surface area contributed by atoms with Crippen LogP contribution in [0.2, 0.25) is 0 Å². The third-order valence-electron chi connectivity index (χ3n) is 6.02. The molecule has 7 nitrogen and oxygen atoms in total. The quantitative estimate of drug-likeness (QED) is 0.463. The van der Waals surface area contributed by atoms with Crippen LogP contribution in [-0.2, 0) is 14.8 Å². The van der Waals surface area contributed by atoms with E-state index in [1.165, 1.54) is 12.1 Å². The number of nitrogens with one attached hydrogen (secondary N) is 1. The van der Waals surface area contributed by atoms with E-state index in [1.807, 2.05) is 45.9 Å². The van der Waals surface area contributed by atoms with Gasteiger partial charge in [0.2, 0.25) is 5.91 Å². The molecular weight excluding hydrogens is 476 g/mol. The zero-order chi connectivity index (χ0) is 25.9. The number of hydrogen-bond acceptors (Lipinski definition) is 5. The van der Waals surface area contributed by atoms with Crippen LogP contribution < -0.4 is 19.1 Å². The highest BCUT2D eigenvalue weighted by molar-refractivity contribution is 7.92. The van der Waals surface area contributed by atoms with E-state index in [0.29, 0.717) is 24.5 Å². The first-order chi connectivity index (χ1) is 17.1. The van der Waals surface area contributed by atoms with Gasteiger partial charge in [0.1, 0.15) is 23.6 Å². The van der Waals surface area contributed by atoms with Crippen molar-refractivity contribution in [3.05, 3.63) is 83.9 Å². The number of ether oxygens (including phenoxy) is 2. The number of benzene rings is 3. The van der Waals surface area contributed by atoms with Gasteiger partial charge in [0.05, 0.1) is 23.2 Å². The fraction of sp³-hybridized carbons (Fsp3) is 0.321. The molecule has 0 spiro atoms. The van der Waals surface area contributed by atoms with Crippen molar-refractivity contribution in [2.45, 2.75) is 50.7 Å². The molecule has 3 aromatic rings. The molecule has 0 fully saturated rings. The van der Waals surface area contributed by atoms with Crippen molar-refractivity contribution in [3.8, 4) is 11.5 Å². The smallest absolute Gasteiger partial charge is 0.264 e. The van der Waals surface area contributed by atoms with Crippen molar-refractivity contribution in [2.24, 2.45) is 0 Å². The molecule has 0 radical (unpaired) electrons. The summed E-state index contributed by atoms with van der Waals surface area (Å²) >= 11 is 0. The lowest BCUT2D eigenvalue weighted by atomic mass is 9.89. The van der Waals surface area contributed by atoms with Gasteiger partial charge in [-0.2, -0.15) is 0 Å². The summed E-state index contributed by atoms with van der Waals surface area (Å²) in [6.07, 6.45) is 0.561. The highest BCUT2D eigenvalue weighted by Crippen LogP contribution is 2.40. The van der Waals surface area contributed by atoms with Crippen LogP contribution in [0.4, 0.5) is 5.69 Å². The lowest BCUT2D eigenvalue weighted by molar-refractivity contribution is -0.120. The van der Waals surface area contributed by atoms with Gasteiger partial charge in [0, 0.05) is 12.0 Å². The number of carbonyl (C=O) groups is 1. The predicted molar refractivity (Wildman–Crippen MR) is 140 cm³/mol. The van der Waals surface area contributed by atoms with E-state index in [0.717, 1.165) is 21.2 Å². The Hall–Kier alpha value is -3.52. The van der Waals surface area contributed by atoms with Crippen molar-refractivity contribution < 1.29 is 22.7 Å². The number of anilines is 1. The Balaban J connectivity index is 1.61. The first kappa shape index (κ1) is 25.6. The monoisotopic (exact) mass is 508 g/mol. The Morgan fingerprint density at radius 2 is 1.78 bits per heavy atom. The Bertz CT molecular complexity index is 1320. The van der Waals surface area contributed by atoms with Crippen molar-refractivity contribution in [1.29, 1.82) is 0 Å². The fourth-order valence-corrected chi connectivity index (χ4v) is 5.79. The molecule has 0 aromatic heterocycles. The molecule has 1 aliphatic heterocycles. The van der Waals surface area contributed by atoms with Gasteiger partial charge in [-0.1, -0.05) is 30.3 Å². The number of para-hydroxylation sites is 1. The van der Waals surface area contributed by atoms with E-state index in [-0.39, 0.29) is 17.5 Å². The van der Waals surface area contributed by atoms with Crippen molar-refractivity contribution in [1.82, 2.24) is 5.32 Å². The van der Waals surface area contributed by atoms with E-state index < -0.39 is 21.5 Å². The highest BCUT2D eigenvalue weighted by Gasteiger charge is 2.35. The molecule has 1 heterocycles. The molecule has 190 valence electrons. The first-order valence-electron chi connectivity index (χ1n) is 12.0. The maximum Gasteiger partial charge on any atom is 0.264 e. The Morgan fingerprint density at radius 3 is 2.44 bits per heavy atom. The van der Waals surface area contributed by atoms with Crippen LogP contribution in [0, 0.1) is 6.92 Å². The second-order valence-corrected chi connectivity index (χ2v) is 11.3. The molecule has 36 heavy (non-hydrogen) atoms. The lowest BCUT2D eigenvalue weighted by Gasteiger charge is -2.38. The molecule has 1 aliphatic rings. The van der Waals surface area contributed by atoms with E-state index >= 15 is 0 Å². The number of amides is 1. The van der Waals surface area contributed by atoms with Crippen molar-refractivity contribution in [3.63, 3.8) is 0 Å². The van der Waals surface area contributed by atoms with Crippen LogP contribution in [0.5, 0.6) is 11.5 Å². The number of carbonyl (C=O) groups excluding carboxylic acids is 1. The van der Waals surface area contributed by atoms with Gasteiger partial charge < -0.3 is 14.8 Å². The molecular formula is C28H32N2O5S. The number of sulfonamides is 1. The van der Waals surface area contributed by atoms with Crippen LogP contribution in [0.15, 0.2) is 77.7 Å². The second kappa shape index (κ2) is 10.2. The van der Waals surface area contributed by atoms with Gasteiger partial charge in [-0.05, 0) is 75.7 Å². The summed E-state index contributed by atoms with van der Waals surface area (Å²) in [5.41, 5.74) is 1.87. The number of aryl methyl sites for hydroxylation is 1. The standard InChI is InChI=1S/C28H32N2O5S/c1-5-34-22-12-14-23(15-13-22)36(32,33)30(21-9-7-6-8-10-21)19-27(31)29-25-18-28(3,4)35-26-17-20(2)11-16-24(25)26/h6-17,25H,5,18-19H2,1-4H3,(H,29,31). The lowest BCUT2D eigenvalue weighted by Crippen LogP contribution is -2.45. The van der Waals surface area contributed by atoms with Crippen LogP contribution in [0.1, 0.15) is 44.4 Å². The first-order valence-corrected chi connectivity index (χ1v) is 13.4. The highest BCUT2D eigenvalue weighted by atomic mass is 32.2. The van der Waals surface area contributed by atoms with Gasteiger partial charge in [0.25, 0.3) is 10.0 Å². The zero-order valence-electron chi connectivity index (χ0n) is 21.0. The summed E-state index contributed by atoms with van der Waals surface area (Å²) in [6, 6.07) is 20.4. The van der Waals surface area contributed by atoms with Gasteiger partial charge in [-0.15, -0.1) is 0 Å². The number of nitrogens with zero attached hydrogens (tertiary/aromatic N) is 1. The Kier molecular flexibility index (Phi) is 7.26. The number of rotatable bonds is 8. The minimum absolute atomic E-state index is 0.0793. The molecule has 0 bridgehead atoms. The summed E-state index contributed by atoms with van der Waals surface area (Å²) < 4.78 is 40.0. The second-order valence-electron chi connectivity index (χ2n) is 9.48. The van der Waals surface area contributed by atoms with Gasteiger partial charge in [-0.25, -0.2) is 8.42 Å². The summed E-state index contributed by atoms with van der Waals surface area (Å²) in [7, 11) is -4.02. The average molecular weight is 509 g/mol. The molecule has 0 aliphatic carbocycles. The minimum Gasteiger partial charge on any atom is -0.494 e. The van der Waals surface area contributed by atoms with Crippen LogP contribution in [-0.4, -0.2) is 33.1 Å². The van der Waals surface area contributed by atoms with E-state index in [1.54, 1.807) is 42.5 Å². The number of fused-ring (bicyclic) bond motifs is 1. The Labute approximate surface area is 213 Å². The van der Waals surface area contributed by atoms with E-state index in [2.05, 4.69) is 5.32 Å². The van der Waals surface area contributed by atoms with Crippen LogP contribution in [0.25, 0.3) is 0 Å². The topological polar surface area (TPSA) is 84.9 Å². The van der Waals surface area contributed by atoms with E-state index in [9.17, 15) is 13.2 Å². The molecule has 1 atom stereocenters. The van der Waals surface area contributed by atoms with Crippen LogP contribution in [0.3, 0.4) is 0 Å².